The van der Waals surface area contributed by atoms with Crippen LogP contribution in [0, 0.1) is 13.8 Å². The molecule has 2 rings (SSSR count). The summed E-state index contributed by atoms with van der Waals surface area (Å²) in [5.41, 5.74) is 2.72. The number of rotatable bonds is 1. The van der Waals surface area contributed by atoms with Crippen molar-refractivity contribution >= 4 is 14.5 Å². The Kier molecular flexibility index (Phi) is 2.39. The van der Waals surface area contributed by atoms with Gasteiger partial charge in [0.05, 0.1) is 0 Å². The van der Waals surface area contributed by atoms with Gasteiger partial charge in [-0.1, -0.05) is 0 Å². The van der Waals surface area contributed by atoms with E-state index in [1.54, 1.807) is 0 Å². The van der Waals surface area contributed by atoms with Crippen molar-refractivity contribution in [1.29, 1.82) is 0 Å². The second-order valence-corrected chi connectivity index (χ2v) is 5.98. The molecule has 0 amide bonds. The summed E-state index contributed by atoms with van der Waals surface area (Å²) < 4.78 is 3.02. The summed E-state index contributed by atoms with van der Waals surface area (Å²) in [6.45, 7) is 4.33. The van der Waals surface area contributed by atoms with Gasteiger partial charge in [-0.05, 0) is 0 Å². The third kappa shape index (κ3) is 1.93. The van der Waals surface area contributed by atoms with E-state index in [4.69, 9.17) is 0 Å². The van der Waals surface area contributed by atoms with Crippen molar-refractivity contribution in [3.63, 3.8) is 0 Å². The number of hydrogen-bond donors (Lipinski definition) is 0. The minimum atomic E-state index is 0.565. The Balaban J connectivity index is 2.41. The summed E-state index contributed by atoms with van der Waals surface area (Å²) in [7, 11) is 0. The maximum atomic E-state index is 2.25. The summed E-state index contributed by atoms with van der Waals surface area (Å²) in [5.74, 6) is 0. The summed E-state index contributed by atoms with van der Waals surface area (Å²) >= 11 is 0.565. The zero-order valence-electron chi connectivity index (χ0n) is 7.87. The molecule has 0 aliphatic heterocycles. The van der Waals surface area contributed by atoms with Gasteiger partial charge in [0.25, 0.3) is 0 Å². The molecule has 0 nitrogen and oxygen atoms in total. The maximum absolute atomic E-state index is 2.25. The van der Waals surface area contributed by atoms with E-state index in [-0.39, 0.29) is 0 Å². The van der Waals surface area contributed by atoms with Gasteiger partial charge in [-0.25, -0.2) is 0 Å². The van der Waals surface area contributed by atoms with Gasteiger partial charge in [0.2, 0.25) is 0 Å². The molecule has 0 bridgehead atoms. The SMILES string of the molecule is Cc1ccc(-c2ccc(C)[se]2)cc1. The van der Waals surface area contributed by atoms with Gasteiger partial charge in [0.15, 0.2) is 0 Å². The summed E-state index contributed by atoms with van der Waals surface area (Å²) in [6, 6.07) is 13.3. The minimum absolute atomic E-state index is 0.565. The van der Waals surface area contributed by atoms with Gasteiger partial charge in [-0.15, -0.1) is 0 Å². The molecular formula is C12H12Se. The van der Waals surface area contributed by atoms with Gasteiger partial charge in [0.1, 0.15) is 0 Å². The summed E-state index contributed by atoms with van der Waals surface area (Å²) in [6.07, 6.45) is 0. The van der Waals surface area contributed by atoms with Crippen LogP contribution >= 0.6 is 0 Å². The Morgan fingerprint density at radius 1 is 0.846 bits per heavy atom. The van der Waals surface area contributed by atoms with E-state index in [2.05, 4.69) is 50.2 Å². The van der Waals surface area contributed by atoms with Crippen LogP contribution in [0.2, 0.25) is 0 Å². The van der Waals surface area contributed by atoms with Crippen LogP contribution in [0.15, 0.2) is 36.4 Å². The van der Waals surface area contributed by atoms with Gasteiger partial charge >= 0.3 is 84.8 Å². The Labute approximate surface area is 85.0 Å². The molecule has 13 heavy (non-hydrogen) atoms. The van der Waals surface area contributed by atoms with Crippen molar-refractivity contribution in [2.45, 2.75) is 13.8 Å². The first-order valence-corrected chi connectivity index (χ1v) is 6.10. The first-order valence-electron chi connectivity index (χ1n) is 4.39. The van der Waals surface area contributed by atoms with Crippen LogP contribution in [-0.4, -0.2) is 14.5 Å². The van der Waals surface area contributed by atoms with Crippen LogP contribution in [0.4, 0.5) is 0 Å². The average Bonchev–Trinajstić information content (AvgIpc) is 2.53. The fourth-order valence-electron chi connectivity index (χ4n) is 1.31. The van der Waals surface area contributed by atoms with Gasteiger partial charge in [0, 0.05) is 0 Å². The molecule has 0 fully saturated rings. The predicted octanol–water partition coefficient (Wildman–Crippen LogP) is 3.03. The zero-order chi connectivity index (χ0) is 9.26. The molecule has 66 valence electrons. The topological polar surface area (TPSA) is 0 Å². The first kappa shape index (κ1) is 8.80. The molecule has 0 saturated carbocycles. The van der Waals surface area contributed by atoms with Crippen molar-refractivity contribution in [1.82, 2.24) is 0 Å². The Morgan fingerprint density at radius 2 is 1.54 bits per heavy atom. The van der Waals surface area contributed by atoms with E-state index in [0.717, 1.165) is 0 Å². The van der Waals surface area contributed by atoms with Crippen LogP contribution in [0.5, 0.6) is 0 Å². The van der Waals surface area contributed by atoms with Crippen LogP contribution in [0.3, 0.4) is 0 Å². The quantitative estimate of drug-likeness (QED) is 0.666. The molecular weight excluding hydrogens is 223 g/mol. The number of hydrogen-bond acceptors (Lipinski definition) is 0. The Bertz CT molecular complexity index is 395. The number of benzene rings is 1. The standard InChI is InChI=1S/C12H12Se/c1-9-3-6-11(7-4-9)12-8-5-10(2)13-12/h3-8H,1-2H3. The molecule has 1 heterocycles. The van der Waals surface area contributed by atoms with Crippen LogP contribution in [-0.2, 0) is 0 Å². The van der Waals surface area contributed by atoms with Crippen LogP contribution < -0.4 is 0 Å². The molecule has 2 aromatic rings. The van der Waals surface area contributed by atoms with Crippen molar-refractivity contribution in [3.8, 4) is 10.0 Å². The predicted molar refractivity (Wildman–Crippen MR) is 58.3 cm³/mol. The van der Waals surface area contributed by atoms with E-state index in [0.29, 0.717) is 14.5 Å². The Hall–Kier alpha value is -0.781. The zero-order valence-corrected chi connectivity index (χ0v) is 9.59. The molecule has 0 atom stereocenters. The van der Waals surface area contributed by atoms with Gasteiger partial charge in [-0.2, -0.15) is 0 Å². The van der Waals surface area contributed by atoms with Crippen molar-refractivity contribution in [3.05, 3.63) is 46.4 Å². The summed E-state index contributed by atoms with van der Waals surface area (Å²) in [4.78, 5) is 0. The Morgan fingerprint density at radius 3 is 2.08 bits per heavy atom. The van der Waals surface area contributed by atoms with E-state index in [1.165, 1.54) is 20.0 Å². The molecule has 0 aliphatic rings. The van der Waals surface area contributed by atoms with Crippen LogP contribution in [0.25, 0.3) is 10.0 Å². The van der Waals surface area contributed by atoms with Gasteiger partial charge < -0.3 is 0 Å². The van der Waals surface area contributed by atoms with Gasteiger partial charge in [-0.3, -0.25) is 0 Å². The molecule has 1 aromatic carbocycles. The normalized spacial score (nSPS) is 10.3. The third-order valence-corrected chi connectivity index (χ3v) is 4.28. The molecule has 0 spiro atoms. The van der Waals surface area contributed by atoms with Crippen molar-refractivity contribution < 1.29 is 0 Å². The van der Waals surface area contributed by atoms with E-state index < -0.39 is 0 Å². The first-order chi connectivity index (χ1) is 6.25. The second-order valence-electron chi connectivity index (χ2n) is 3.28. The molecule has 1 aromatic heterocycles. The average molecular weight is 235 g/mol. The third-order valence-electron chi connectivity index (χ3n) is 2.08. The fourth-order valence-corrected chi connectivity index (χ4v) is 3.14. The molecule has 0 N–H and O–H groups in total. The molecule has 0 saturated heterocycles. The summed E-state index contributed by atoms with van der Waals surface area (Å²) in [5, 5.41) is 0. The van der Waals surface area contributed by atoms with E-state index in [9.17, 15) is 0 Å². The number of aryl methyl sites for hydroxylation is 2. The van der Waals surface area contributed by atoms with Crippen LogP contribution in [0.1, 0.15) is 10.0 Å². The van der Waals surface area contributed by atoms with Crippen molar-refractivity contribution in [2.75, 3.05) is 0 Å². The van der Waals surface area contributed by atoms with Crippen molar-refractivity contribution in [2.24, 2.45) is 0 Å². The monoisotopic (exact) mass is 236 g/mol. The van der Waals surface area contributed by atoms with E-state index in [1.807, 2.05) is 0 Å². The molecule has 0 unspecified atom stereocenters. The molecule has 0 aliphatic carbocycles. The van der Waals surface area contributed by atoms with E-state index >= 15 is 0 Å². The molecule has 1 heteroatoms. The fraction of sp³-hybridized carbons (Fsp3) is 0.167. The second kappa shape index (κ2) is 3.53. The molecule has 0 radical (unpaired) electrons.